The maximum atomic E-state index is 4.54. The molecule has 0 unspecified atom stereocenters. The third-order valence-corrected chi connectivity index (χ3v) is 0.809. The van der Waals surface area contributed by atoms with Crippen LogP contribution in [0, 0.1) is 6.92 Å². The van der Waals surface area contributed by atoms with Gasteiger partial charge in [-0.1, -0.05) is 18.3 Å². The molecule has 0 spiro atoms. The highest BCUT2D eigenvalue weighted by Gasteiger charge is 1.73. The summed E-state index contributed by atoms with van der Waals surface area (Å²) >= 11 is 4.05. The van der Waals surface area contributed by atoms with Crippen molar-refractivity contribution in [1.82, 2.24) is 4.98 Å². The van der Waals surface area contributed by atoms with Crippen molar-refractivity contribution in [2.24, 2.45) is 5.73 Å². The van der Waals surface area contributed by atoms with Crippen molar-refractivity contribution in [3.05, 3.63) is 30.1 Å². The average molecular weight is 154 g/mol. The van der Waals surface area contributed by atoms with Crippen molar-refractivity contribution in [3.8, 4) is 0 Å². The van der Waals surface area contributed by atoms with Crippen LogP contribution in [0.1, 0.15) is 5.56 Å². The Morgan fingerprint density at radius 3 is 2.50 bits per heavy atom. The summed E-state index contributed by atoms with van der Waals surface area (Å²) in [5.41, 5.74) is 6.83. The topological polar surface area (TPSA) is 38.9 Å². The number of aryl methyl sites for hydroxylation is 1. The number of hydrogen-bond acceptors (Lipinski definition) is 2. The normalized spacial score (nSPS) is 7.30. The van der Waals surface area contributed by atoms with E-state index < -0.39 is 0 Å². The first-order valence-corrected chi connectivity index (χ1v) is 3.30. The standard InChI is InChI=1S/C6H7N.CH3NS/c1-6-3-2-4-7-5-6;2-1-3/h2-5H,1H3;1H,(H2,2,3). The maximum absolute atomic E-state index is 4.54. The molecule has 0 fully saturated rings. The molecule has 0 aromatic carbocycles. The predicted molar refractivity (Wildman–Crippen MR) is 46.8 cm³/mol. The Morgan fingerprint density at radius 1 is 1.70 bits per heavy atom. The molecule has 1 rings (SSSR count). The predicted octanol–water partition coefficient (Wildman–Crippen LogP) is 1.29. The van der Waals surface area contributed by atoms with Crippen LogP contribution < -0.4 is 5.73 Å². The number of thiocarbonyl (C=S) groups is 1. The smallest absolute Gasteiger partial charge is 0.0588 e. The minimum atomic E-state index is 1.08. The average Bonchev–Trinajstić information content (AvgIpc) is 1.91. The van der Waals surface area contributed by atoms with Crippen molar-refractivity contribution in [2.45, 2.75) is 6.92 Å². The van der Waals surface area contributed by atoms with E-state index in [-0.39, 0.29) is 0 Å². The van der Waals surface area contributed by atoms with Crippen LogP contribution in [-0.4, -0.2) is 10.5 Å². The quantitative estimate of drug-likeness (QED) is 0.572. The van der Waals surface area contributed by atoms with Crippen LogP contribution in [0.4, 0.5) is 0 Å². The van der Waals surface area contributed by atoms with Gasteiger partial charge < -0.3 is 5.73 Å². The lowest BCUT2D eigenvalue weighted by molar-refractivity contribution is 1.27. The SMILES string of the molecule is Cc1cccnc1.NC=S. The van der Waals surface area contributed by atoms with E-state index in [4.69, 9.17) is 0 Å². The van der Waals surface area contributed by atoms with Gasteiger partial charge in [0.1, 0.15) is 0 Å². The van der Waals surface area contributed by atoms with E-state index in [1.54, 1.807) is 6.20 Å². The molecule has 0 aliphatic heterocycles. The van der Waals surface area contributed by atoms with Crippen molar-refractivity contribution in [2.75, 3.05) is 0 Å². The first-order valence-electron chi connectivity index (χ1n) is 2.83. The second-order valence-corrected chi connectivity index (χ2v) is 1.94. The lowest BCUT2D eigenvalue weighted by Crippen LogP contribution is -1.79. The molecule has 0 amide bonds. The van der Waals surface area contributed by atoms with Crippen LogP contribution in [0.2, 0.25) is 0 Å². The van der Waals surface area contributed by atoms with Gasteiger partial charge in [-0.25, -0.2) is 0 Å². The minimum absolute atomic E-state index is 1.08. The van der Waals surface area contributed by atoms with Crippen LogP contribution in [0.3, 0.4) is 0 Å². The van der Waals surface area contributed by atoms with E-state index >= 15 is 0 Å². The molecule has 0 radical (unpaired) electrons. The van der Waals surface area contributed by atoms with Crippen LogP contribution in [-0.2, 0) is 0 Å². The molecule has 0 aliphatic carbocycles. The van der Waals surface area contributed by atoms with Crippen molar-refractivity contribution in [3.63, 3.8) is 0 Å². The first kappa shape index (κ1) is 9.04. The van der Waals surface area contributed by atoms with E-state index in [1.807, 2.05) is 25.3 Å². The molecule has 3 heteroatoms. The van der Waals surface area contributed by atoms with Gasteiger partial charge in [0.2, 0.25) is 0 Å². The van der Waals surface area contributed by atoms with E-state index in [0.717, 1.165) is 5.49 Å². The molecule has 54 valence electrons. The van der Waals surface area contributed by atoms with Gasteiger partial charge in [0.15, 0.2) is 0 Å². The Morgan fingerprint density at radius 2 is 2.30 bits per heavy atom. The number of hydrogen-bond donors (Lipinski definition) is 1. The molecule has 1 aromatic heterocycles. The summed E-state index contributed by atoms with van der Waals surface area (Å²) in [5.74, 6) is 0. The van der Waals surface area contributed by atoms with Crippen molar-refractivity contribution >= 4 is 17.7 Å². The van der Waals surface area contributed by atoms with Gasteiger partial charge in [-0.2, -0.15) is 0 Å². The highest BCUT2D eigenvalue weighted by Crippen LogP contribution is 1.88. The lowest BCUT2D eigenvalue weighted by Gasteiger charge is -1.82. The number of aromatic nitrogens is 1. The summed E-state index contributed by atoms with van der Waals surface area (Å²) in [6.07, 6.45) is 3.60. The van der Waals surface area contributed by atoms with Crippen LogP contribution >= 0.6 is 12.2 Å². The zero-order chi connectivity index (χ0) is 7.82. The molecule has 2 N–H and O–H groups in total. The zero-order valence-corrected chi connectivity index (χ0v) is 6.64. The monoisotopic (exact) mass is 154 g/mol. The number of nitrogens with zero attached hydrogens (tertiary/aromatic N) is 1. The summed E-state index contributed by atoms with van der Waals surface area (Å²) in [6, 6.07) is 3.95. The Balaban J connectivity index is 0.000000236. The maximum Gasteiger partial charge on any atom is 0.0588 e. The Kier molecular flexibility index (Phi) is 5.57. The van der Waals surface area contributed by atoms with Gasteiger partial charge in [-0.05, 0) is 18.6 Å². The summed E-state index contributed by atoms with van der Waals surface area (Å²) in [7, 11) is 0. The fourth-order valence-corrected chi connectivity index (χ4v) is 0.448. The summed E-state index contributed by atoms with van der Waals surface area (Å²) < 4.78 is 0. The highest BCUT2D eigenvalue weighted by atomic mass is 32.1. The molecule has 0 saturated heterocycles. The molecule has 1 aromatic rings. The van der Waals surface area contributed by atoms with Gasteiger partial charge in [0, 0.05) is 12.4 Å². The molecule has 1 heterocycles. The largest absolute Gasteiger partial charge is 0.396 e. The Bertz CT molecular complexity index is 174. The lowest BCUT2D eigenvalue weighted by atomic mass is 10.3. The van der Waals surface area contributed by atoms with Gasteiger partial charge in [0.05, 0.1) is 5.49 Å². The summed E-state index contributed by atoms with van der Waals surface area (Å²) in [5, 5.41) is 0. The van der Waals surface area contributed by atoms with Gasteiger partial charge >= 0.3 is 0 Å². The second-order valence-electron chi connectivity index (χ2n) is 1.67. The fourth-order valence-electron chi connectivity index (χ4n) is 0.448. The van der Waals surface area contributed by atoms with Crippen LogP contribution in [0.5, 0.6) is 0 Å². The third kappa shape index (κ3) is 5.18. The van der Waals surface area contributed by atoms with Gasteiger partial charge in [-0.3, -0.25) is 4.98 Å². The molecule has 0 aliphatic rings. The minimum Gasteiger partial charge on any atom is -0.396 e. The molecule has 0 saturated carbocycles. The highest BCUT2D eigenvalue weighted by molar-refractivity contribution is 7.78. The van der Waals surface area contributed by atoms with E-state index in [2.05, 4.69) is 22.9 Å². The molecule has 0 atom stereocenters. The van der Waals surface area contributed by atoms with Crippen molar-refractivity contribution in [1.29, 1.82) is 0 Å². The Hall–Kier alpha value is -0.960. The Labute approximate surface area is 66.1 Å². The zero-order valence-electron chi connectivity index (χ0n) is 5.82. The van der Waals surface area contributed by atoms with Crippen LogP contribution in [0.25, 0.3) is 0 Å². The molecule has 0 bridgehead atoms. The molecule has 10 heavy (non-hydrogen) atoms. The second kappa shape index (κ2) is 6.16. The van der Waals surface area contributed by atoms with Crippen LogP contribution in [0.15, 0.2) is 24.5 Å². The summed E-state index contributed by atoms with van der Waals surface area (Å²) in [4.78, 5) is 3.88. The summed E-state index contributed by atoms with van der Waals surface area (Å²) in [6.45, 7) is 2.02. The van der Waals surface area contributed by atoms with E-state index in [0.29, 0.717) is 0 Å². The first-order chi connectivity index (χ1) is 4.81. The molecule has 2 nitrogen and oxygen atoms in total. The number of rotatable bonds is 0. The third-order valence-electron chi connectivity index (χ3n) is 0.809. The fraction of sp³-hybridized carbons (Fsp3) is 0.143. The van der Waals surface area contributed by atoms with Gasteiger partial charge in [0.25, 0.3) is 0 Å². The number of pyridine rings is 1. The van der Waals surface area contributed by atoms with E-state index in [1.165, 1.54) is 5.56 Å². The number of nitrogens with two attached hydrogens (primary N) is 1. The molecular formula is C7H10N2S. The van der Waals surface area contributed by atoms with Crippen molar-refractivity contribution < 1.29 is 0 Å². The van der Waals surface area contributed by atoms with E-state index in [9.17, 15) is 0 Å². The van der Waals surface area contributed by atoms with Gasteiger partial charge in [-0.15, -0.1) is 0 Å². The molecular weight excluding hydrogens is 144 g/mol.